The zero-order chi connectivity index (χ0) is 20.4. The van der Waals surface area contributed by atoms with Crippen molar-refractivity contribution in [3.8, 4) is 0 Å². The first-order chi connectivity index (χ1) is 13.2. The number of halogens is 3. The molecule has 28 heavy (non-hydrogen) atoms. The van der Waals surface area contributed by atoms with Crippen LogP contribution in [0.2, 0.25) is 4.34 Å². The predicted molar refractivity (Wildman–Crippen MR) is 104 cm³/mol. The Hall–Kier alpha value is -2.58. The van der Waals surface area contributed by atoms with Gasteiger partial charge in [0.25, 0.3) is 5.91 Å². The minimum Gasteiger partial charge on any atom is -0.338 e. The number of hydrogen-bond donors (Lipinski definition) is 1. The Balaban J connectivity index is 1.95. The van der Waals surface area contributed by atoms with Crippen molar-refractivity contribution in [1.29, 1.82) is 0 Å². The fourth-order valence-electron chi connectivity index (χ4n) is 2.61. The number of rotatable bonds is 6. The highest BCUT2D eigenvalue weighted by Crippen LogP contribution is 2.24. The average molecular weight is 424 g/mol. The second kappa shape index (κ2) is 8.20. The van der Waals surface area contributed by atoms with E-state index in [0.29, 0.717) is 20.6 Å². The van der Waals surface area contributed by atoms with Gasteiger partial charge in [-0.05, 0) is 23.8 Å². The average Bonchev–Trinajstić information content (AvgIpc) is 3.23. The third kappa shape index (κ3) is 4.45. The fourth-order valence-corrected chi connectivity index (χ4v) is 3.42. The van der Waals surface area contributed by atoms with E-state index in [1.807, 2.05) is 0 Å². The molecule has 0 fully saturated rings. The van der Waals surface area contributed by atoms with Crippen molar-refractivity contribution in [3.05, 3.63) is 69.5 Å². The van der Waals surface area contributed by atoms with E-state index in [-0.39, 0.29) is 23.9 Å². The molecule has 0 saturated heterocycles. The quantitative estimate of drug-likeness (QED) is 0.566. The summed E-state index contributed by atoms with van der Waals surface area (Å²) in [4.78, 5) is 29.0. The molecule has 0 saturated carbocycles. The largest absolute Gasteiger partial charge is 0.338 e. The molecule has 1 N–H and O–H groups in total. The number of aromatic nitrogens is 2. The topological polar surface area (TPSA) is 64.0 Å². The lowest BCUT2D eigenvalue weighted by atomic mass is 10.0. The molecule has 1 amide bonds. The molecule has 5 nitrogen and oxygen atoms in total. The number of amides is 1. The van der Waals surface area contributed by atoms with Crippen LogP contribution < -0.4 is 5.32 Å². The van der Waals surface area contributed by atoms with Crippen LogP contribution in [0.5, 0.6) is 0 Å². The molecule has 3 rings (SSSR count). The molecule has 146 valence electrons. The Bertz CT molecular complexity index is 1050. The van der Waals surface area contributed by atoms with E-state index >= 15 is 0 Å². The number of ketones is 1. The summed E-state index contributed by atoms with van der Waals surface area (Å²) in [5, 5.41) is 2.94. The van der Waals surface area contributed by atoms with Gasteiger partial charge in [0.1, 0.15) is 10.0 Å². The number of nitrogens with one attached hydrogen (secondary N) is 1. The number of nitrogens with zero attached hydrogens (tertiary/aromatic N) is 2. The van der Waals surface area contributed by atoms with Crippen LogP contribution in [0.25, 0.3) is 0 Å². The maximum absolute atomic E-state index is 13.5. The molecule has 1 aromatic carbocycles. The van der Waals surface area contributed by atoms with Crippen LogP contribution in [-0.2, 0) is 6.54 Å². The summed E-state index contributed by atoms with van der Waals surface area (Å²) < 4.78 is 28.7. The summed E-state index contributed by atoms with van der Waals surface area (Å²) in [5.74, 6) is -2.81. The molecule has 0 aliphatic rings. The van der Waals surface area contributed by atoms with E-state index in [0.717, 1.165) is 23.5 Å². The minimum atomic E-state index is -0.980. The van der Waals surface area contributed by atoms with Gasteiger partial charge in [-0.2, -0.15) is 0 Å². The number of thiazole rings is 1. The van der Waals surface area contributed by atoms with Crippen molar-refractivity contribution in [1.82, 2.24) is 9.55 Å². The van der Waals surface area contributed by atoms with Gasteiger partial charge in [0, 0.05) is 24.2 Å². The summed E-state index contributed by atoms with van der Waals surface area (Å²) in [6.07, 6.45) is 2.95. The number of Topliss-reactive ketones (excluding diaryl/α,β-unsaturated/α-hetero) is 1. The van der Waals surface area contributed by atoms with Gasteiger partial charge in [-0.25, -0.2) is 13.8 Å². The summed E-state index contributed by atoms with van der Waals surface area (Å²) in [6.45, 7) is 3.60. The van der Waals surface area contributed by atoms with Gasteiger partial charge in [0.05, 0.1) is 6.20 Å². The Morgan fingerprint density at radius 3 is 2.61 bits per heavy atom. The van der Waals surface area contributed by atoms with Crippen LogP contribution in [0.4, 0.5) is 13.9 Å². The Morgan fingerprint density at radius 2 is 2.00 bits per heavy atom. The number of benzene rings is 1. The monoisotopic (exact) mass is 423 g/mol. The van der Waals surface area contributed by atoms with Gasteiger partial charge in [-0.1, -0.05) is 42.9 Å². The third-order valence-corrected chi connectivity index (χ3v) is 5.00. The van der Waals surface area contributed by atoms with Gasteiger partial charge in [-0.3, -0.25) is 14.9 Å². The van der Waals surface area contributed by atoms with Gasteiger partial charge < -0.3 is 4.57 Å². The molecule has 0 bridgehead atoms. The summed E-state index contributed by atoms with van der Waals surface area (Å²) in [7, 11) is 0. The second-order valence-corrected chi connectivity index (χ2v) is 8.09. The van der Waals surface area contributed by atoms with E-state index in [2.05, 4.69) is 10.3 Å². The van der Waals surface area contributed by atoms with Crippen LogP contribution in [0.15, 0.2) is 36.7 Å². The smallest absolute Gasteiger partial charge is 0.274 e. The zero-order valence-electron chi connectivity index (χ0n) is 15.0. The normalized spacial score (nSPS) is 11.1. The van der Waals surface area contributed by atoms with E-state index in [9.17, 15) is 18.4 Å². The first-order valence-electron chi connectivity index (χ1n) is 8.35. The van der Waals surface area contributed by atoms with E-state index in [4.69, 9.17) is 11.6 Å². The number of carbonyl (C=O) groups is 2. The van der Waals surface area contributed by atoms with Crippen molar-refractivity contribution < 1.29 is 18.4 Å². The maximum atomic E-state index is 13.5. The van der Waals surface area contributed by atoms with Crippen molar-refractivity contribution in [2.24, 2.45) is 5.92 Å². The van der Waals surface area contributed by atoms with Crippen LogP contribution in [0, 0.1) is 17.6 Å². The molecule has 0 atom stereocenters. The molecule has 0 unspecified atom stereocenters. The number of anilines is 1. The fraction of sp³-hybridized carbons (Fsp3) is 0.211. The van der Waals surface area contributed by atoms with Crippen molar-refractivity contribution >= 4 is 39.8 Å². The first kappa shape index (κ1) is 20.2. The number of carbonyl (C=O) groups excluding carboxylic acids is 2. The van der Waals surface area contributed by atoms with E-state index in [1.54, 1.807) is 13.8 Å². The van der Waals surface area contributed by atoms with Gasteiger partial charge >= 0.3 is 0 Å². The molecule has 2 heterocycles. The highest BCUT2D eigenvalue weighted by molar-refractivity contribution is 7.19. The van der Waals surface area contributed by atoms with Crippen molar-refractivity contribution in [3.63, 3.8) is 0 Å². The Kier molecular flexibility index (Phi) is 5.90. The van der Waals surface area contributed by atoms with Crippen LogP contribution in [0.3, 0.4) is 0 Å². The molecular weight excluding hydrogens is 408 g/mol. The van der Waals surface area contributed by atoms with Gasteiger partial charge in [0.2, 0.25) is 0 Å². The molecule has 0 spiro atoms. The van der Waals surface area contributed by atoms with E-state index < -0.39 is 17.5 Å². The zero-order valence-corrected chi connectivity index (χ0v) is 16.6. The lowest BCUT2D eigenvalue weighted by molar-refractivity contribution is 0.0939. The molecule has 3 aromatic rings. The van der Waals surface area contributed by atoms with E-state index in [1.165, 1.54) is 29.1 Å². The maximum Gasteiger partial charge on any atom is 0.274 e. The first-order valence-corrected chi connectivity index (χ1v) is 9.55. The highest BCUT2D eigenvalue weighted by atomic mass is 35.5. The third-order valence-electron chi connectivity index (χ3n) is 3.97. The van der Waals surface area contributed by atoms with Crippen LogP contribution >= 0.6 is 22.9 Å². The Labute approximate surface area is 169 Å². The lowest BCUT2D eigenvalue weighted by Crippen LogP contribution is -2.17. The second-order valence-electron chi connectivity index (χ2n) is 6.43. The molecule has 0 radical (unpaired) electrons. The molecule has 2 aromatic heterocycles. The van der Waals surface area contributed by atoms with Crippen molar-refractivity contribution in [2.75, 3.05) is 5.32 Å². The lowest BCUT2D eigenvalue weighted by Gasteiger charge is -2.09. The minimum absolute atomic E-state index is 0.0873. The standard InChI is InChI=1S/C19H16ClF2N3O2S/c1-10(2)17(26)12-6-15(18(27)24-19-23-7-16(20)28-19)25(9-12)8-11-3-4-13(21)14(22)5-11/h3-7,9-10H,8H2,1-2H3,(H,23,24,27). The Morgan fingerprint density at radius 1 is 1.25 bits per heavy atom. The van der Waals surface area contributed by atoms with Gasteiger partial charge in [-0.15, -0.1) is 0 Å². The van der Waals surface area contributed by atoms with Crippen LogP contribution in [0.1, 0.15) is 40.3 Å². The molecule has 0 aliphatic carbocycles. The molecule has 0 aliphatic heterocycles. The van der Waals surface area contributed by atoms with Gasteiger partial charge in [0.15, 0.2) is 22.5 Å². The molecule has 9 heteroatoms. The summed E-state index contributed by atoms with van der Waals surface area (Å²) >= 11 is 6.92. The predicted octanol–water partition coefficient (Wildman–Crippen LogP) is 5.02. The van der Waals surface area contributed by atoms with Crippen molar-refractivity contribution in [2.45, 2.75) is 20.4 Å². The number of hydrogen-bond acceptors (Lipinski definition) is 4. The molecular formula is C19H16ClF2N3O2S. The highest BCUT2D eigenvalue weighted by Gasteiger charge is 2.20. The summed E-state index contributed by atoms with van der Waals surface area (Å²) in [6, 6.07) is 4.98. The SMILES string of the molecule is CC(C)C(=O)c1cc(C(=O)Nc2ncc(Cl)s2)n(Cc2ccc(F)c(F)c2)c1. The van der Waals surface area contributed by atoms with Crippen LogP contribution in [-0.4, -0.2) is 21.2 Å². The summed E-state index contributed by atoms with van der Waals surface area (Å²) in [5.41, 5.74) is 1.00.